The van der Waals surface area contributed by atoms with Crippen molar-refractivity contribution in [2.45, 2.75) is 24.4 Å². The van der Waals surface area contributed by atoms with Crippen LogP contribution < -0.4 is 0 Å². The first-order chi connectivity index (χ1) is 14.2. The van der Waals surface area contributed by atoms with Crippen LogP contribution in [0, 0.1) is 0 Å². The number of aromatic nitrogens is 3. The molecule has 1 aromatic carbocycles. The molecule has 2 aromatic heterocycles. The van der Waals surface area contributed by atoms with E-state index >= 15 is 0 Å². The molecule has 0 unspecified atom stereocenters. The smallest absolute Gasteiger partial charge is 0.254 e. The van der Waals surface area contributed by atoms with E-state index < -0.39 is 0 Å². The molecule has 0 radical (unpaired) electrons. The van der Waals surface area contributed by atoms with Gasteiger partial charge in [-0.2, -0.15) is 0 Å². The monoisotopic (exact) mass is 411 g/mol. The summed E-state index contributed by atoms with van der Waals surface area (Å²) in [6.45, 7) is 6.18. The standard InChI is InChI=1S/C21H25N5O2S/c1-3-26-19(18-9-6-14-28-18)22-23-21(26)29-15-16-7-4-5-8-17(16)20(27)25-12-10-24(2)11-13-25/h4-9,14H,3,10-13,15H2,1-2H3. The van der Waals surface area contributed by atoms with Gasteiger partial charge in [0.05, 0.1) is 6.26 Å². The van der Waals surface area contributed by atoms with E-state index in [1.54, 1.807) is 18.0 Å². The van der Waals surface area contributed by atoms with Gasteiger partial charge in [0, 0.05) is 44.0 Å². The third kappa shape index (κ3) is 4.23. The van der Waals surface area contributed by atoms with Crippen LogP contribution in [0.25, 0.3) is 11.6 Å². The van der Waals surface area contributed by atoms with E-state index in [4.69, 9.17) is 4.42 Å². The number of carbonyl (C=O) groups excluding carboxylic acids is 1. The number of hydrogen-bond donors (Lipinski definition) is 0. The summed E-state index contributed by atoms with van der Waals surface area (Å²) in [5, 5.41) is 9.46. The third-order valence-corrected chi connectivity index (χ3v) is 6.19. The number of likely N-dealkylation sites (N-methyl/N-ethyl adjacent to an activating group) is 1. The Morgan fingerprint density at radius 2 is 1.90 bits per heavy atom. The van der Waals surface area contributed by atoms with E-state index in [1.165, 1.54) is 0 Å². The van der Waals surface area contributed by atoms with Gasteiger partial charge in [0.1, 0.15) is 0 Å². The molecule has 1 amide bonds. The number of furan rings is 1. The van der Waals surface area contributed by atoms with Crippen LogP contribution >= 0.6 is 11.8 Å². The Labute approximate surface area is 174 Å². The molecule has 7 nitrogen and oxygen atoms in total. The summed E-state index contributed by atoms with van der Waals surface area (Å²) in [5.41, 5.74) is 1.80. The topological polar surface area (TPSA) is 67.4 Å². The van der Waals surface area contributed by atoms with E-state index in [0.717, 1.165) is 54.8 Å². The Morgan fingerprint density at radius 1 is 1.10 bits per heavy atom. The highest BCUT2D eigenvalue weighted by atomic mass is 32.2. The van der Waals surface area contributed by atoms with Crippen molar-refractivity contribution in [3.63, 3.8) is 0 Å². The van der Waals surface area contributed by atoms with Gasteiger partial charge in [-0.1, -0.05) is 30.0 Å². The SMILES string of the molecule is CCn1c(SCc2ccccc2C(=O)N2CCN(C)CC2)nnc1-c1ccco1. The van der Waals surface area contributed by atoms with Crippen molar-refractivity contribution in [2.24, 2.45) is 0 Å². The van der Waals surface area contributed by atoms with Crippen LogP contribution in [0.2, 0.25) is 0 Å². The molecule has 0 aliphatic carbocycles. The Hall–Kier alpha value is -2.58. The fourth-order valence-corrected chi connectivity index (χ4v) is 4.45. The summed E-state index contributed by atoms with van der Waals surface area (Å²) >= 11 is 1.59. The lowest BCUT2D eigenvalue weighted by molar-refractivity contribution is 0.0663. The zero-order valence-electron chi connectivity index (χ0n) is 16.7. The van der Waals surface area contributed by atoms with Crippen LogP contribution in [0.1, 0.15) is 22.8 Å². The summed E-state index contributed by atoms with van der Waals surface area (Å²) in [5.74, 6) is 2.20. The van der Waals surface area contributed by atoms with Crippen LogP contribution in [0.15, 0.2) is 52.2 Å². The zero-order valence-corrected chi connectivity index (χ0v) is 17.6. The van der Waals surface area contributed by atoms with E-state index in [9.17, 15) is 4.79 Å². The minimum absolute atomic E-state index is 0.113. The fourth-order valence-electron chi connectivity index (χ4n) is 3.45. The average Bonchev–Trinajstić information content (AvgIpc) is 3.42. The normalized spacial score (nSPS) is 15.0. The highest BCUT2D eigenvalue weighted by Gasteiger charge is 2.23. The molecule has 29 heavy (non-hydrogen) atoms. The lowest BCUT2D eigenvalue weighted by Gasteiger charge is -2.32. The first kappa shape index (κ1) is 19.7. The molecule has 0 N–H and O–H groups in total. The van der Waals surface area contributed by atoms with Crippen LogP contribution in [0.3, 0.4) is 0 Å². The zero-order chi connectivity index (χ0) is 20.2. The van der Waals surface area contributed by atoms with Crippen LogP contribution in [0.5, 0.6) is 0 Å². The fraction of sp³-hybridized carbons (Fsp3) is 0.381. The van der Waals surface area contributed by atoms with E-state index in [2.05, 4.69) is 29.1 Å². The first-order valence-corrected chi connectivity index (χ1v) is 10.8. The van der Waals surface area contributed by atoms with E-state index in [0.29, 0.717) is 11.5 Å². The Balaban J connectivity index is 1.51. The molecule has 0 saturated carbocycles. The molecule has 4 rings (SSSR count). The lowest BCUT2D eigenvalue weighted by Crippen LogP contribution is -2.47. The largest absolute Gasteiger partial charge is 0.461 e. The second kappa shape index (κ2) is 8.84. The van der Waals surface area contributed by atoms with Crippen molar-refractivity contribution in [3.05, 3.63) is 53.8 Å². The molecule has 8 heteroatoms. The van der Waals surface area contributed by atoms with E-state index in [-0.39, 0.29) is 5.91 Å². The number of hydrogen-bond acceptors (Lipinski definition) is 6. The van der Waals surface area contributed by atoms with Gasteiger partial charge < -0.3 is 14.2 Å². The summed E-state index contributed by atoms with van der Waals surface area (Å²) in [6, 6.07) is 11.6. The molecule has 1 saturated heterocycles. The van der Waals surface area contributed by atoms with Gasteiger partial charge in [0.25, 0.3) is 5.91 Å². The summed E-state index contributed by atoms with van der Waals surface area (Å²) < 4.78 is 7.51. The Morgan fingerprint density at radius 3 is 2.62 bits per heavy atom. The highest BCUT2D eigenvalue weighted by molar-refractivity contribution is 7.98. The maximum absolute atomic E-state index is 13.1. The van der Waals surface area contributed by atoms with Gasteiger partial charge in [-0.3, -0.25) is 9.36 Å². The summed E-state index contributed by atoms with van der Waals surface area (Å²) in [6.07, 6.45) is 1.64. The molecule has 3 heterocycles. The number of piperazine rings is 1. The molecular weight excluding hydrogens is 386 g/mol. The quantitative estimate of drug-likeness (QED) is 0.580. The van der Waals surface area contributed by atoms with Crippen molar-refractivity contribution in [1.29, 1.82) is 0 Å². The van der Waals surface area contributed by atoms with Gasteiger partial charge in [0.2, 0.25) is 0 Å². The molecule has 152 valence electrons. The third-order valence-electron chi connectivity index (χ3n) is 5.17. The Bertz CT molecular complexity index is 961. The highest BCUT2D eigenvalue weighted by Crippen LogP contribution is 2.28. The van der Waals surface area contributed by atoms with E-state index in [1.807, 2.05) is 45.9 Å². The van der Waals surface area contributed by atoms with Gasteiger partial charge in [0.15, 0.2) is 16.7 Å². The predicted octanol–water partition coefficient (Wildman–Crippen LogP) is 3.24. The van der Waals surface area contributed by atoms with Crippen molar-refractivity contribution in [3.8, 4) is 11.6 Å². The molecular formula is C21H25N5O2S. The molecule has 0 atom stereocenters. The molecule has 0 bridgehead atoms. The molecule has 0 spiro atoms. The number of nitrogens with zero attached hydrogens (tertiary/aromatic N) is 5. The first-order valence-electron chi connectivity index (χ1n) is 9.83. The molecule has 1 aliphatic heterocycles. The lowest BCUT2D eigenvalue weighted by atomic mass is 10.1. The number of carbonyl (C=O) groups is 1. The van der Waals surface area contributed by atoms with Crippen LogP contribution in [-0.4, -0.2) is 63.7 Å². The second-order valence-electron chi connectivity index (χ2n) is 7.07. The average molecular weight is 412 g/mol. The molecule has 3 aromatic rings. The van der Waals surface area contributed by atoms with Crippen LogP contribution in [0.4, 0.5) is 0 Å². The van der Waals surface area contributed by atoms with Gasteiger partial charge in [-0.05, 0) is 37.7 Å². The number of benzene rings is 1. The van der Waals surface area contributed by atoms with Gasteiger partial charge in [-0.25, -0.2) is 0 Å². The summed E-state index contributed by atoms with van der Waals surface area (Å²) in [4.78, 5) is 17.3. The minimum Gasteiger partial charge on any atom is -0.461 e. The second-order valence-corrected chi connectivity index (χ2v) is 8.01. The predicted molar refractivity (Wildman–Crippen MR) is 113 cm³/mol. The van der Waals surface area contributed by atoms with Crippen molar-refractivity contribution >= 4 is 17.7 Å². The van der Waals surface area contributed by atoms with Crippen molar-refractivity contribution in [1.82, 2.24) is 24.6 Å². The Kier molecular flexibility index (Phi) is 6.01. The van der Waals surface area contributed by atoms with Crippen LogP contribution in [-0.2, 0) is 12.3 Å². The van der Waals surface area contributed by atoms with Crippen molar-refractivity contribution in [2.75, 3.05) is 33.2 Å². The number of rotatable bonds is 6. The number of amides is 1. The van der Waals surface area contributed by atoms with Gasteiger partial charge in [-0.15, -0.1) is 10.2 Å². The maximum atomic E-state index is 13.1. The molecule has 1 fully saturated rings. The number of thioether (sulfide) groups is 1. The minimum atomic E-state index is 0.113. The van der Waals surface area contributed by atoms with Crippen molar-refractivity contribution < 1.29 is 9.21 Å². The molecule has 1 aliphatic rings. The van der Waals surface area contributed by atoms with Gasteiger partial charge >= 0.3 is 0 Å². The maximum Gasteiger partial charge on any atom is 0.254 e. The summed E-state index contributed by atoms with van der Waals surface area (Å²) in [7, 11) is 2.09.